The molecule has 0 radical (unpaired) electrons. The fourth-order valence-electron chi connectivity index (χ4n) is 2.74. The van der Waals surface area contributed by atoms with Crippen LogP contribution in [0.25, 0.3) is 0 Å². The molecule has 1 aliphatic heterocycles. The van der Waals surface area contributed by atoms with Crippen molar-refractivity contribution in [2.45, 2.75) is 25.4 Å². The number of carbonyl (C=O) groups is 3. The molecule has 0 spiro atoms. The number of primary amides is 1. The van der Waals surface area contributed by atoms with Gasteiger partial charge >= 0.3 is 12.0 Å². The number of hydrogen-bond donors (Lipinski definition) is 2. The fourth-order valence-corrected chi connectivity index (χ4v) is 3.77. The Morgan fingerprint density at radius 2 is 2.08 bits per heavy atom. The van der Waals surface area contributed by atoms with Crippen molar-refractivity contribution in [3.63, 3.8) is 0 Å². The first-order valence-corrected chi connectivity index (χ1v) is 9.33. The van der Waals surface area contributed by atoms with Crippen LogP contribution in [-0.4, -0.2) is 53.5 Å². The topological polar surface area (TPSA) is 102 Å². The number of nitrogens with one attached hydrogen (secondary N) is 1. The first-order chi connectivity index (χ1) is 12.0. The van der Waals surface area contributed by atoms with Crippen LogP contribution in [0.2, 0.25) is 0 Å². The van der Waals surface area contributed by atoms with Crippen LogP contribution in [0.3, 0.4) is 0 Å². The van der Waals surface area contributed by atoms with Gasteiger partial charge in [-0.3, -0.25) is 4.79 Å². The quantitative estimate of drug-likeness (QED) is 0.740. The van der Waals surface area contributed by atoms with Crippen LogP contribution < -0.4 is 11.1 Å². The summed E-state index contributed by atoms with van der Waals surface area (Å²) in [5.74, 6) is 0.688. The SMILES string of the molecule is CCOC(=O)[C@@H]1CSCCN1C(=O)C[C@H](NC(N)=O)c1ccccc1. The van der Waals surface area contributed by atoms with E-state index < -0.39 is 18.1 Å². The van der Waals surface area contributed by atoms with E-state index in [9.17, 15) is 14.4 Å². The average molecular weight is 365 g/mol. The Balaban J connectivity index is 2.12. The van der Waals surface area contributed by atoms with Crippen molar-refractivity contribution >= 4 is 29.7 Å². The predicted octanol–water partition coefficient (Wildman–Crippen LogP) is 1.29. The molecule has 2 atom stereocenters. The first kappa shape index (κ1) is 19.1. The van der Waals surface area contributed by atoms with Crippen LogP contribution in [0.15, 0.2) is 30.3 Å². The van der Waals surface area contributed by atoms with Crippen LogP contribution in [-0.2, 0) is 14.3 Å². The molecule has 1 saturated heterocycles. The van der Waals surface area contributed by atoms with Gasteiger partial charge in [0.15, 0.2) is 0 Å². The van der Waals surface area contributed by atoms with Crippen molar-refractivity contribution in [1.29, 1.82) is 0 Å². The number of benzene rings is 1. The lowest BCUT2D eigenvalue weighted by Crippen LogP contribution is -2.51. The highest BCUT2D eigenvalue weighted by atomic mass is 32.2. The molecule has 0 saturated carbocycles. The van der Waals surface area contributed by atoms with Gasteiger partial charge in [-0.15, -0.1) is 0 Å². The average Bonchev–Trinajstić information content (AvgIpc) is 2.61. The largest absolute Gasteiger partial charge is 0.464 e. The molecule has 7 nitrogen and oxygen atoms in total. The molecular formula is C17H23N3O4S. The minimum atomic E-state index is -0.696. The summed E-state index contributed by atoms with van der Waals surface area (Å²) in [6.45, 7) is 2.49. The van der Waals surface area contributed by atoms with Crippen molar-refractivity contribution in [2.75, 3.05) is 24.7 Å². The van der Waals surface area contributed by atoms with Crippen LogP contribution >= 0.6 is 11.8 Å². The van der Waals surface area contributed by atoms with Gasteiger partial charge in [-0.1, -0.05) is 30.3 Å². The van der Waals surface area contributed by atoms with E-state index in [4.69, 9.17) is 10.5 Å². The molecule has 2 rings (SSSR count). The highest BCUT2D eigenvalue weighted by Gasteiger charge is 2.34. The van der Waals surface area contributed by atoms with E-state index in [0.717, 1.165) is 11.3 Å². The highest BCUT2D eigenvalue weighted by Crippen LogP contribution is 2.23. The fraction of sp³-hybridized carbons (Fsp3) is 0.471. The maximum atomic E-state index is 12.8. The predicted molar refractivity (Wildman–Crippen MR) is 96.0 cm³/mol. The lowest BCUT2D eigenvalue weighted by atomic mass is 10.0. The zero-order valence-corrected chi connectivity index (χ0v) is 15.0. The van der Waals surface area contributed by atoms with Crippen molar-refractivity contribution in [2.24, 2.45) is 5.73 Å². The normalized spacial score (nSPS) is 18.3. The number of esters is 1. The zero-order valence-electron chi connectivity index (χ0n) is 14.1. The Kier molecular flexibility index (Phi) is 7.12. The standard InChI is InChI=1S/C17H23N3O4S/c1-2-24-16(22)14-11-25-9-8-20(14)15(21)10-13(19-17(18)23)12-6-4-3-5-7-12/h3-7,13-14H,2,8-11H2,1H3,(H3,18,19,23)/t13-,14-/m0/s1. The molecule has 1 aromatic carbocycles. The second-order valence-corrected chi connectivity index (χ2v) is 6.76. The molecule has 8 heteroatoms. The lowest BCUT2D eigenvalue weighted by molar-refractivity contribution is -0.154. The van der Waals surface area contributed by atoms with Gasteiger partial charge in [0.1, 0.15) is 6.04 Å². The van der Waals surface area contributed by atoms with E-state index in [1.807, 2.05) is 30.3 Å². The number of rotatable bonds is 6. The van der Waals surface area contributed by atoms with Gasteiger partial charge in [-0.2, -0.15) is 11.8 Å². The van der Waals surface area contributed by atoms with Crippen LogP contribution in [0.1, 0.15) is 24.9 Å². The maximum Gasteiger partial charge on any atom is 0.329 e. The molecular weight excluding hydrogens is 342 g/mol. The summed E-state index contributed by atoms with van der Waals surface area (Å²) < 4.78 is 5.08. The number of thioether (sulfide) groups is 1. The number of carbonyl (C=O) groups excluding carboxylic acids is 3. The van der Waals surface area contributed by atoms with Crippen molar-refractivity contribution < 1.29 is 19.1 Å². The van der Waals surface area contributed by atoms with E-state index in [0.29, 0.717) is 12.3 Å². The minimum absolute atomic E-state index is 0.0352. The summed E-state index contributed by atoms with van der Waals surface area (Å²) in [7, 11) is 0. The van der Waals surface area contributed by atoms with Gasteiger partial charge in [-0.05, 0) is 12.5 Å². The smallest absolute Gasteiger partial charge is 0.329 e. The Morgan fingerprint density at radius 1 is 1.36 bits per heavy atom. The summed E-state index contributed by atoms with van der Waals surface area (Å²) in [5, 5.41) is 2.61. The monoisotopic (exact) mass is 365 g/mol. The number of nitrogens with zero attached hydrogens (tertiary/aromatic N) is 1. The third-order valence-corrected chi connectivity index (χ3v) is 4.93. The Hall–Kier alpha value is -2.22. The summed E-state index contributed by atoms with van der Waals surface area (Å²) in [6.07, 6.45) is 0.0352. The third kappa shape index (κ3) is 5.38. The molecule has 3 N–H and O–H groups in total. The first-order valence-electron chi connectivity index (χ1n) is 8.17. The minimum Gasteiger partial charge on any atom is -0.464 e. The zero-order chi connectivity index (χ0) is 18.2. The Morgan fingerprint density at radius 3 is 2.72 bits per heavy atom. The summed E-state index contributed by atoms with van der Waals surface area (Å²) in [4.78, 5) is 37.8. The van der Waals surface area contributed by atoms with Gasteiger partial charge in [0, 0.05) is 18.1 Å². The molecule has 136 valence electrons. The van der Waals surface area contributed by atoms with Crippen LogP contribution in [0.5, 0.6) is 0 Å². The molecule has 1 aromatic rings. The maximum absolute atomic E-state index is 12.8. The number of amides is 3. The molecule has 1 heterocycles. The number of hydrogen-bond acceptors (Lipinski definition) is 5. The van der Waals surface area contributed by atoms with E-state index in [-0.39, 0.29) is 24.9 Å². The summed E-state index contributed by atoms with van der Waals surface area (Å²) >= 11 is 1.62. The summed E-state index contributed by atoms with van der Waals surface area (Å²) in [5.41, 5.74) is 6.03. The highest BCUT2D eigenvalue weighted by molar-refractivity contribution is 7.99. The van der Waals surface area contributed by atoms with Gasteiger partial charge < -0.3 is 20.7 Å². The van der Waals surface area contributed by atoms with Crippen molar-refractivity contribution in [3.05, 3.63) is 35.9 Å². The van der Waals surface area contributed by atoms with Crippen molar-refractivity contribution in [3.8, 4) is 0 Å². The molecule has 0 unspecified atom stereocenters. The van der Waals surface area contributed by atoms with Gasteiger partial charge in [0.25, 0.3) is 0 Å². The van der Waals surface area contributed by atoms with E-state index in [1.165, 1.54) is 0 Å². The molecule has 25 heavy (non-hydrogen) atoms. The van der Waals surface area contributed by atoms with Gasteiger partial charge in [0.05, 0.1) is 19.1 Å². The molecule has 0 aromatic heterocycles. The van der Waals surface area contributed by atoms with E-state index in [2.05, 4.69) is 5.32 Å². The molecule has 1 fully saturated rings. The van der Waals surface area contributed by atoms with Crippen molar-refractivity contribution in [1.82, 2.24) is 10.2 Å². The van der Waals surface area contributed by atoms with Crippen LogP contribution in [0.4, 0.5) is 4.79 Å². The number of urea groups is 1. The van der Waals surface area contributed by atoms with Gasteiger partial charge in [-0.25, -0.2) is 9.59 Å². The van der Waals surface area contributed by atoms with Gasteiger partial charge in [0.2, 0.25) is 5.91 Å². The van der Waals surface area contributed by atoms with E-state index in [1.54, 1.807) is 23.6 Å². The lowest BCUT2D eigenvalue weighted by Gasteiger charge is -2.34. The number of nitrogens with two attached hydrogens (primary N) is 1. The Labute approximate surface area is 151 Å². The molecule has 0 bridgehead atoms. The molecule has 1 aliphatic rings. The molecule has 3 amide bonds. The summed E-state index contributed by atoms with van der Waals surface area (Å²) in [6, 6.07) is 7.33. The number of ether oxygens (including phenoxy) is 1. The second-order valence-electron chi connectivity index (χ2n) is 5.61. The Bertz CT molecular complexity index is 611. The third-order valence-electron chi connectivity index (χ3n) is 3.90. The van der Waals surface area contributed by atoms with E-state index >= 15 is 0 Å². The van der Waals surface area contributed by atoms with Crippen LogP contribution in [0, 0.1) is 0 Å². The second kappa shape index (κ2) is 9.31. The molecule has 0 aliphatic carbocycles.